The van der Waals surface area contributed by atoms with Gasteiger partial charge in [-0.3, -0.25) is 0 Å². The molecule has 1 aromatic heterocycles. The van der Waals surface area contributed by atoms with Gasteiger partial charge in [-0.05, 0) is 25.5 Å². The maximum absolute atomic E-state index is 6.09. The van der Waals surface area contributed by atoms with Gasteiger partial charge in [0.15, 0.2) is 0 Å². The molecule has 1 atom stereocenters. The summed E-state index contributed by atoms with van der Waals surface area (Å²) in [5, 5.41) is 3.85. The van der Waals surface area contributed by atoms with Gasteiger partial charge in [-0.25, -0.2) is 4.98 Å². The molecule has 0 spiro atoms. The number of hydrogen-bond donors (Lipinski definition) is 1. The van der Waals surface area contributed by atoms with Gasteiger partial charge < -0.3 is 14.8 Å². The number of anilines is 1. The van der Waals surface area contributed by atoms with E-state index in [-0.39, 0.29) is 6.10 Å². The summed E-state index contributed by atoms with van der Waals surface area (Å²) in [6.45, 7) is 5.92. The number of ether oxygens (including phenoxy) is 2. The van der Waals surface area contributed by atoms with E-state index in [9.17, 15) is 0 Å². The van der Waals surface area contributed by atoms with Crippen LogP contribution in [-0.2, 0) is 16.1 Å². The van der Waals surface area contributed by atoms with Gasteiger partial charge in [-0.2, -0.15) is 0 Å². The normalized spacial score (nSPS) is 12.4. The molecule has 5 heteroatoms. The molecule has 0 saturated carbocycles. The Morgan fingerprint density at radius 3 is 2.89 bits per heavy atom. The van der Waals surface area contributed by atoms with Crippen LogP contribution in [0.3, 0.4) is 0 Å². The molecule has 0 saturated heterocycles. The average molecular weight is 273 g/mol. The molecule has 0 aliphatic rings. The monoisotopic (exact) mass is 272 g/mol. The van der Waals surface area contributed by atoms with Crippen molar-refractivity contribution >= 4 is 17.4 Å². The minimum Gasteiger partial charge on any atom is -0.382 e. The van der Waals surface area contributed by atoms with E-state index < -0.39 is 0 Å². The highest BCUT2D eigenvalue weighted by Crippen LogP contribution is 2.18. The molecule has 0 amide bonds. The van der Waals surface area contributed by atoms with Crippen LogP contribution in [0.2, 0.25) is 5.02 Å². The van der Waals surface area contributed by atoms with Crippen LogP contribution >= 0.6 is 11.6 Å². The van der Waals surface area contributed by atoms with Crippen molar-refractivity contribution in [1.82, 2.24) is 4.98 Å². The van der Waals surface area contributed by atoms with Gasteiger partial charge in [0.1, 0.15) is 5.82 Å². The van der Waals surface area contributed by atoms with Crippen molar-refractivity contribution < 1.29 is 9.47 Å². The Balaban J connectivity index is 2.57. The van der Waals surface area contributed by atoms with E-state index in [1.165, 1.54) is 0 Å². The molecule has 0 aliphatic heterocycles. The van der Waals surface area contributed by atoms with Crippen molar-refractivity contribution in [3.05, 3.63) is 22.8 Å². The number of hydrogen-bond acceptors (Lipinski definition) is 4. The minimum atomic E-state index is 0.0279. The third-order valence-electron chi connectivity index (χ3n) is 2.38. The number of halogens is 1. The Labute approximate surface area is 114 Å². The first-order valence-electron chi connectivity index (χ1n) is 6.17. The fraction of sp³-hybridized carbons (Fsp3) is 0.615. The van der Waals surface area contributed by atoms with Gasteiger partial charge in [-0.1, -0.05) is 18.5 Å². The molecule has 1 aromatic rings. The lowest BCUT2D eigenvalue weighted by Gasteiger charge is -2.13. The van der Waals surface area contributed by atoms with Crippen molar-refractivity contribution in [3.8, 4) is 0 Å². The highest BCUT2D eigenvalue weighted by atomic mass is 35.5. The summed E-state index contributed by atoms with van der Waals surface area (Å²) in [4.78, 5) is 4.43. The highest BCUT2D eigenvalue weighted by Gasteiger charge is 2.07. The summed E-state index contributed by atoms with van der Waals surface area (Å²) >= 11 is 6.09. The van der Waals surface area contributed by atoms with Crippen molar-refractivity contribution in [3.63, 3.8) is 0 Å². The number of aromatic nitrogens is 1. The second-order valence-electron chi connectivity index (χ2n) is 4.13. The molecule has 4 nitrogen and oxygen atoms in total. The van der Waals surface area contributed by atoms with Gasteiger partial charge in [0.25, 0.3) is 0 Å². The first-order valence-corrected chi connectivity index (χ1v) is 6.55. The van der Waals surface area contributed by atoms with Crippen LogP contribution in [0.5, 0.6) is 0 Å². The van der Waals surface area contributed by atoms with E-state index in [4.69, 9.17) is 21.1 Å². The molecule has 0 aromatic carbocycles. The lowest BCUT2D eigenvalue weighted by atomic mass is 10.3. The molecule has 1 rings (SSSR count). The maximum Gasteiger partial charge on any atom is 0.126 e. The predicted octanol–water partition coefficient (Wildman–Crippen LogP) is 3.11. The Hall–Kier alpha value is -0.840. The summed E-state index contributed by atoms with van der Waals surface area (Å²) < 4.78 is 10.6. The second kappa shape index (κ2) is 8.29. The van der Waals surface area contributed by atoms with E-state index in [1.54, 1.807) is 7.11 Å². The Morgan fingerprint density at radius 2 is 2.22 bits per heavy atom. The van der Waals surface area contributed by atoms with Crippen molar-refractivity contribution in [2.45, 2.75) is 33.0 Å². The topological polar surface area (TPSA) is 43.4 Å². The van der Waals surface area contributed by atoms with Crippen LogP contribution in [0.4, 0.5) is 5.82 Å². The van der Waals surface area contributed by atoms with Gasteiger partial charge in [0.05, 0.1) is 30.0 Å². The Kier molecular flexibility index (Phi) is 7.01. The van der Waals surface area contributed by atoms with Gasteiger partial charge in [0.2, 0.25) is 0 Å². The molecule has 18 heavy (non-hydrogen) atoms. The largest absolute Gasteiger partial charge is 0.382 e. The SMILES string of the molecule is CCCNc1ccc(Cl)c(COC(C)COC)n1. The van der Waals surface area contributed by atoms with Gasteiger partial charge in [0, 0.05) is 13.7 Å². The minimum absolute atomic E-state index is 0.0279. The molecular formula is C13H21ClN2O2. The van der Waals surface area contributed by atoms with Crippen LogP contribution in [0.1, 0.15) is 26.0 Å². The number of nitrogens with zero attached hydrogens (tertiary/aromatic N) is 1. The first kappa shape index (κ1) is 15.2. The van der Waals surface area contributed by atoms with E-state index in [0.29, 0.717) is 18.2 Å². The fourth-order valence-electron chi connectivity index (χ4n) is 1.44. The van der Waals surface area contributed by atoms with Gasteiger partial charge in [-0.15, -0.1) is 0 Å². The number of rotatable bonds is 8. The summed E-state index contributed by atoms with van der Waals surface area (Å²) in [6, 6.07) is 3.71. The predicted molar refractivity (Wildman–Crippen MR) is 74.2 cm³/mol. The average Bonchev–Trinajstić information content (AvgIpc) is 2.36. The second-order valence-corrected chi connectivity index (χ2v) is 4.54. The van der Waals surface area contributed by atoms with Crippen molar-refractivity contribution in [2.24, 2.45) is 0 Å². The highest BCUT2D eigenvalue weighted by molar-refractivity contribution is 6.31. The number of methoxy groups -OCH3 is 1. The summed E-state index contributed by atoms with van der Waals surface area (Å²) in [6.07, 6.45) is 1.08. The Morgan fingerprint density at radius 1 is 1.44 bits per heavy atom. The molecule has 102 valence electrons. The standard InChI is InChI=1S/C13H21ClN2O2/c1-4-7-15-13-6-5-11(14)12(16-13)9-18-10(2)8-17-3/h5-6,10H,4,7-9H2,1-3H3,(H,15,16). The van der Waals surface area contributed by atoms with Gasteiger partial charge >= 0.3 is 0 Å². The van der Waals surface area contributed by atoms with E-state index in [0.717, 1.165) is 24.5 Å². The van der Waals surface area contributed by atoms with E-state index >= 15 is 0 Å². The van der Waals surface area contributed by atoms with E-state index in [2.05, 4.69) is 17.2 Å². The lowest BCUT2D eigenvalue weighted by Crippen LogP contribution is -2.15. The molecule has 1 heterocycles. The molecule has 0 radical (unpaired) electrons. The van der Waals surface area contributed by atoms with Crippen LogP contribution in [0.15, 0.2) is 12.1 Å². The summed E-state index contributed by atoms with van der Waals surface area (Å²) in [5.41, 5.74) is 0.751. The van der Waals surface area contributed by atoms with E-state index in [1.807, 2.05) is 19.1 Å². The number of nitrogens with one attached hydrogen (secondary N) is 1. The summed E-state index contributed by atoms with van der Waals surface area (Å²) in [5.74, 6) is 0.833. The molecule has 0 bridgehead atoms. The van der Waals surface area contributed by atoms with Crippen LogP contribution in [-0.4, -0.2) is 31.3 Å². The van der Waals surface area contributed by atoms with Crippen LogP contribution < -0.4 is 5.32 Å². The van der Waals surface area contributed by atoms with Crippen molar-refractivity contribution in [1.29, 1.82) is 0 Å². The molecule has 1 unspecified atom stereocenters. The molecule has 1 N–H and O–H groups in total. The molecular weight excluding hydrogens is 252 g/mol. The Bertz CT molecular complexity index is 361. The summed E-state index contributed by atoms with van der Waals surface area (Å²) in [7, 11) is 1.65. The van der Waals surface area contributed by atoms with Crippen LogP contribution in [0.25, 0.3) is 0 Å². The maximum atomic E-state index is 6.09. The zero-order valence-electron chi connectivity index (χ0n) is 11.2. The quantitative estimate of drug-likeness (QED) is 0.790. The van der Waals surface area contributed by atoms with Crippen LogP contribution in [0, 0.1) is 0 Å². The molecule has 0 aliphatic carbocycles. The zero-order valence-corrected chi connectivity index (χ0v) is 12.0. The first-order chi connectivity index (χ1) is 8.67. The smallest absolute Gasteiger partial charge is 0.126 e. The zero-order chi connectivity index (χ0) is 13.4. The van der Waals surface area contributed by atoms with Crippen molar-refractivity contribution in [2.75, 3.05) is 25.6 Å². The number of pyridine rings is 1. The molecule has 0 fully saturated rings. The fourth-order valence-corrected chi connectivity index (χ4v) is 1.60. The lowest BCUT2D eigenvalue weighted by molar-refractivity contribution is -0.00129. The third-order valence-corrected chi connectivity index (χ3v) is 2.72. The third kappa shape index (κ3) is 5.21.